The number of rotatable bonds is 8. The molecule has 24 heavy (non-hydrogen) atoms. The van der Waals surface area contributed by atoms with Gasteiger partial charge in [0, 0.05) is 0 Å². The quantitative estimate of drug-likeness (QED) is 0.704. The Hall–Kier alpha value is -2.57. The number of hydrogen-bond acceptors (Lipinski definition) is 5. The van der Waals surface area contributed by atoms with Crippen LogP contribution in [0.5, 0.6) is 0 Å². The minimum absolute atomic E-state index is 0.0774. The second-order valence-electron chi connectivity index (χ2n) is 5.37. The van der Waals surface area contributed by atoms with Gasteiger partial charge in [-0.1, -0.05) is 50.6 Å². The number of benzene rings is 1. The Morgan fingerprint density at radius 3 is 2.42 bits per heavy atom. The van der Waals surface area contributed by atoms with Crippen molar-refractivity contribution in [2.24, 2.45) is 5.92 Å². The van der Waals surface area contributed by atoms with Crippen LogP contribution >= 0.6 is 0 Å². The molecule has 1 aromatic carbocycles. The van der Waals surface area contributed by atoms with Crippen molar-refractivity contribution >= 4 is 18.0 Å². The molecule has 0 aliphatic heterocycles. The monoisotopic (exact) mass is 336 g/mol. The second-order valence-corrected chi connectivity index (χ2v) is 5.37. The summed E-state index contributed by atoms with van der Waals surface area (Å²) in [6.45, 7) is 3.58. The fourth-order valence-electron chi connectivity index (χ4n) is 1.95. The zero-order valence-electron chi connectivity index (χ0n) is 14.2. The average molecular weight is 336 g/mol. The summed E-state index contributed by atoms with van der Waals surface area (Å²) < 4.78 is 9.68. The predicted octanol–water partition coefficient (Wildman–Crippen LogP) is 1.62. The van der Waals surface area contributed by atoms with E-state index < -0.39 is 24.0 Å². The van der Waals surface area contributed by atoms with E-state index in [0.717, 1.165) is 5.56 Å². The molecule has 2 amide bonds. The topological polar surface area (TPSA) is 93.7 Å². The minimum Gasteiger partial charge on any atom is -0.467 e. The number of hydrogen-bond donors (Lipinski definition) is 2. The van der Waals surface area contributed by atoms with Gasteiger partial charge in [0.1, 0.15) is 19.2 Å². The zero-order valence-corrected chi connectivity index (χ0v) is 14.2. The molecule has 2 unspecified atom stereocenters. The van der Waals surface area contributed by atoms with Gasteiger partial charge < -0.3 is 20.1 Å². The molecule has 0 spiro atoms. The summed E-state index contributed by atoms with van der Waals surface area (Å²) in [6.07, 6.45) is -0.000718. The fourth-order valence-corrected chi connectivity index (χ4v) is 1.95. The van der Waals surface area contributed by atoms with Gasteiger partial charge in [-0.2, -0.15) is 0 Å². The summed E-state index contributed by atoms with van der Waals surface area (Å²) in [7, 11) is 1.27. The van der Waals surface area contributed by atoms with E-state index in [2.05, 4.69) is 15.4 Å². The van der Waals surface area contributed by atoms with Crippen LogP contribution in [0.25, 0.3) is 0 Å². The van der Waals surface area contributed by atoms with Gasteiger partial charge in [0.15, 0.2) is 0 Å². The summed E-state index contributed by atoms with van der Waals surface area (Å²) in [5, 5.41) is 4.91. The summed E-state index contributed by atoms with van der Waals surface area (Å²) >= 11 is 0. The first-order chi connectivity index (χ1) is 11.5. The molecule has 1 aromatic rings. The smallest absolute Gasteiger partial charge is 0.407 e. The number of amides is 2. The maximum absolute atomic E-state index is 11.9. The van der Waals surface area contributed by atoms with E-state index in [4.69, 9.17) is 4.74 Å². The van der Waals surface area contributed by atoms with E-state index in [1.807, 2.05) is 44.2 Å². The number of methoxy groups -OCH3 is 1. The number of alkyl carbamates (subject to hydrolysis) is 1. The summed E-state index contributed by atoms with van der Waals surface area (Å²) in [5.41, 5.74) is 0.847. The number of carbonyl (C=O) groups excluding carboxylic acids is 3. The van der Waals surface area contributed by atoms with Crippen LogP contribution in [0.15, 0.2) is 30.3 Å². The normalized spacial score (nSPS) is 12.6. The zero-order chi connectivity index (χ0) is 17.9. The summed E-state index contributed by atoms with van der Waals surface area (Å²) in [4.78, 5) is 35.2. The Bertz CT molecular complexity index is 547. The molecule has 0 aromatic heterocycles. The highest BCUT2D eigenvalue weighted by Gasteiger charge is 2.26. The highest BCUT2D eigenvalue weighted by Crippen LogP contribution is 2.09. The van der Waals surface area contributed by atoms with Gasteiger partial charge in [-0.3, -0.25) is 4.79 Å². The molecule has 7 nitrogen and oxygen atoms in total. The van der Waals surface area contributed by atoms with Gasteiger partial charge in [0.05, 0.1) is 7.11 Å². The second kappa shape index (κ2) is 10.3. The molecule has 132 valence electrons. The highest BCUT2D eigenvalue weighted by atomic mass is 16.5. The first-order valence-electron chi connectivity index (χ1n) is 7.79. The van der Waals surface area contributed by atoms with Crippen LogP contribution in [0.4, 0.5) is 4.79 Å². The van der Waals surface area contributed by atoms with Gasteiger partial charge in [-0.15, -0.1) is 0 Å². The van der Waals surface area contributed by atoms with Crippen LogP contribution in [0, 0.1) is 5.92 Å². The molecule has 0 radical (unpaired) electrons. The molecule has 0 fully saturated rings. The summed E-state index contributed by atoms with van der Waals surface area (Å²) in [6, 6.07) is 8.45. The third-order valence-corrected chi connectivity index (χ3v) is 3.59. The largest absolute Gasteiger partial charge is 0.467 e. The third-order valence-electron chi connectivity index (χ3n) is 3.59. The van der Waals surface area contributed by atoms with Gasteiger partial charge in [-0.05, 0) is 11.5 Å². The standard InChI is InChI=1S/C17H24N2O5/c1-4-12(2)15(16(21)23-3)19-14(20)10-18-17(22)24-11-13-8-6-5-7-9-13/h5-9,12,15H,4,10-11H2,1-3H3,(H,18,22)(H,19,20). The lowest BCUT2D eigenvalue weighted by atomic mass is 9.99. The predicted molar refractivity (Wildman–Crippen MR) is 88.0 cm³/mol. The van der Waals surface area contributed by atoms with Crippen molar-refractivity contribution in [3.8, 4) is 0 Å². The highest BCUT2D eigenvalue weighted by molar-refractivity contribution is 5.87. The minimum atomic E-state index is -0.741. The van der Waals surface area contributed by atoms with Crippen molar-refractivity contribution < 1.29 is 23.9 Å². The lowest BCUT2D eigenvalue weighted by molar-refractivity contribution is -0.146. The third kappa shape index (κ3) is 6.68. The Balaban J connectivity index is 2.38. The van der Waals surface area contributed by atoms with Crippen molar-refractivity contribution in [2.45, 2.75) is 32.9 Å². The van der Waals surface area contributed by atoms with Crippen LogP contribution < -0.4 is 10.6 Å². The molecule has 0 saturated carbocycles. The number of nitrogens with one attached hydrogen (secondary N) is 2. The Morgan fingerprint density at radius 2 is 1.83 bits per heavy atom. The molecule has 0 aliphatic rings. The lowest BCUT2D eigenvalue weighted by Gasteiger charge is -2.21. The molecule has 0 heterocycles. The molecule has 7 heteroatoms. The number of esters is 1. The van der Waals surface area contributed by atoms with Crippen molar-refractivity contribution in [1.82, 2.24) is 10.6 Å². The van der Waals surface area contributed by atoms with Crippen LogP contribution in [0.1, 0.15) is 25.8 Å². The Labute approximate surface area is 141 Å². The Kier molecular flexibility index (Phi) is 8.32. The van der Waals surface area contributed by atoms with Crippen LogP contribution in [0.2, 0.25) is 0 Å². The van der Waals surface area contributed by atoms with E-state index in [1.165, 1.54) is 7.11 Å². The summed E-state index contributed by atoms with van der Waals surface area (Å²) in [5.74, 6) is -1.07. The molecule has 0 bridgehead atoms. The first kappa shape index (κ1) is 19.5. The lowest BCUT2D eigenvalue weighted by Crippen LogP contribution is -2.49. The van der Waals surface area contributed by atoms with Gasteiger partial charge >= 0.3 is 12.1 Å². The molecule has 2 atom stereocenters. The van der Waals surface area contributed by atoms with Crippen molar-refractivity contribution in [3.05, 3.63) is 35.9 Å². The van der Waals surface area contributed by atoms with E-state index in [-0.39, 0.29) is 19.1 Å². The molecule has 0 saturated heterocycles. The van der Waals surface area contributed by atoms with Crippen molar-refractivity contribution in [1.29, 1.82) is 0 Å². The van der Waals surface area contributed by atoms with Crippen LogP contribution in [-0.2, 0) is 25.7 Å². The molecule has 2 N–H and O–H groups in total. The molecule has 1 rings (SSSR count). The fraction of sp³-hybridized carbons (Fsp3) is 0.471. The number of ether oxygens (including phenoxy) is 2. The van der Waals surface area contributed by atoms with E-state index >= 15 is 0 Å². The first-order valence-corrected chi connectivity index (χ1v) is 7.79. The van der Waals surface area contributed by atoms with Crippen LogP contribution in [0.3, 0.4) is 0 Å². The maximum atomic E-state index is 11.9. The van der Waals surface area contributed by atoms with E-state index in [0.29, 0.717) is 6.42 Å². The van der Waals surface area contributed by atoms with Gasteiger partial charge in [0.25, 0.3) is 0 Å². The van der Waals surface area contributed by atoms with E-state index in [9.17, 15) is 14.4 Å². The van der Waals surface area contributed by atoms with Crippen LogP contribution in [-0.4, -0.2) is 37.7 Å². The average Bonchev–Trinajstić information content (AvgIpc) is 2.62. The van der Waals surface area contributed by atoms with Crippen molar-refractivity contribution in [3.63, 3.8) is 0 Å². The number of carbonyl (C=O) groups is 3. The van der Waals surface area contributed by atoms with Gasteiger partial charge in [0.2, 0.25) is 5.91 Å². The molecule has 0 aliphatic carbocycles. The van der Waals surface area contributed by atoms with Crippen molar-refractivity contribution in [2.75, 3.05) is 13.7 Å². The molecular formula is C17H24N2O5. The maximum Gasteiger partial charge on any atom is 0.407 e. The SMILES string of the molecule is CCC(C)C(NC(=O)CNC(=O)OCc1ccccc1)C(=O)OC. The molecular weight excluding hydrogens is 312 g/mol. The van der Waals surface area contributed by atoms with Gasteiger partial charge in [-0.25, -0.2) is 9.59 Å². The Morgan fingerprint density at radius 1 is 1.17 bits per heavy atom. The van der Waals surface area contributed by atoms with E-state index in [1.54, 1.807) is 0 Å².